The molecule has 0 unspecified atom stereocenters. The van der Waals surface area contributed by atoms with Crippen molar-refractivity contribution in [1.82, 2.24) is 24.9 Å². The minimum Gasteiger partial charge on any atom is -0.331 e. The molecule has 0 saturated heterocycles. The maximum Gasteiger partial charge on any atom is 0.260 e. The molecule has 2 aromatic carbocycles. The molecule has 9 heteroatoms. The number of amides is 2. The zero-order valence-corrected chi connectivity index (χ0v) is 16.7. The van der Waals surface area contributed by atoms with Gasteiger partial charge in [-0.05, 0) is 47.5 Å². The number of imidazole rings is 2. The average molecular weight is 423 g/mol. The summed E-state index contributed by atoms with van der Waals surface area (Å²) < 4.78 is 0. The molecular formula is C23H17N7O2. The second-order valence-corrected chi connectivity index (χ2v) is 6.95. The van der Waals surface area contributed by atoms with Crippen molar-refractivity contribution in [2.75, 3.05) is 10.6 Å². The molecule has 0 atom stereocenters. The van der Waals surface area contributed by atoms with Crippen LogP contribution in [0.3, 0.4) is 0 Å². The van der Waals surface area contributed by atoms with E-state index in [4.69, 9.17) is 0 Å². The van der Waals surface area contributed by atoms with E-state index in [1.54, 1.807) is 55.1 Å². The topological polar surface area (TPSA) is 128 Å². The van der Waals surface area contributed by atoms with Gasteiger partial charge in [0.15, 0.2) is 0 Å². The van der Waals surface area contributed by atoms with Crippen molar-refractivity contribution in [3.05, 3.63) is 90.5 Å². The lowest BCUT2D eigenvalue weighted by molar-refractivity contribution is 0.101. The van der Waals surface area contributed by atoms with Gasteiger partial charge in [-0.2, -0.15) is 0 Å². The Morgan fingerprint density at radius 1 is 0.781 bits per heavy atom. The van der Waals surface area contributed by atoms with E-state index in [1.807, 2.05) is 24.3 Å². The molecule has 0 aliphatic rings. The monoisotopic (exact) mass is 423 g/mol. The molecule has 0 spiro atoms. The van der Waals surface area contributed by atoms with Crippen LogP contribution in [0.15, 0.2) is 79.4 Å². The van der Waals surface area contributed by atoms with E-state index in [0.717, 1.165) is 11.1 Å². The van der Waals surface area contributed by atoms with Gasteiger partial charge in [0.2, 0.25) is 11.9 Å². The number of benzene rings is 2. The van der Waals surface area contributed by atoms with E-state index in [0.29, 0.717) is 28.1 Å². The van der Waals surface area contributed by atoms with Gasteiger partial charge in [0, 0.05) is 30.4 Å². The molecule has 4 N–H and O–H groups in total. The summed E-state index contributed by atoms with van der Waals surface area (Å²) in [6, 6.07) is 16.2. The maximum absolute atomic E-state index is 12.7. The number of carbonyl (C=O) groups excluding carboxylic acids is 2. The summed E-state index contributed by atoms with van der Waals surface area (Å²) in [5.41, 5.74) is 3.92. The molecule has 5 rings (SSSR count). The number of carbonyl (C=O) groups is 2. The van der Waals surface area contributed by atoms with Crippen molar-refractivity contribution < 1.29 is 9.59 Å². The number of para-hydroxylation sites is 1. The molecule has 0 radical (unpaired) electrons. The number of H-pyrrole nitrogens is 2. The first-order valence-electron chi connectivity index (χ1n) is 9.79. The van der Waals surface area contributed by atoms with Gasteiger partial charge in [-0.25, -0.2) is 9.97 Å². The highest BCUT2D eigenvalue weighted by Crippen LogP contribution is 2.21. The third-order valence-corrected chi connectivity index (χ3v) is 4.88. The number of pyridine rings is 1. The standard InChI is InChI=1S/C23H17N7O2/c31-20(16-6-4-14(5-7-16)15-8-10-24-11-9-15)29-23-27-18-3-1-2-17(19(18)28-23)21(32)30-22-25-12-13-26-22/h1-13H,(H2,25,26,30,32)(H2,27,28,29,31). The fourth-order valence-electron chi connectivity index (χ4n) is 3.32. The van der Waals surface area contributed by atoms with Crippen LogP contribution in [0.1, 0.15) is 20.7 Å². The van der Waals surface area contributed by atoms with Gasteiger partial charge in [0.1, 0.15) is 5.52 Å². The summed E-state index contributed by atoms with van der Waals surface area (Å²) in [6.45, 7) is 0. The van der Waals surface area contributed by atoms with Crippen LogP contribution in [0.5, 0.6) is 0 Å². The minimum atomic E-state index is -0.360. The molecule has 156 valence electrons. The number of fused-ring (bicyclic) bond motifs is 1. The third kappa shape index (κ3) is 3.82. The second-order valence-electron chi connectivity index (χ2n) is 6.95. The van der Waals surface area contributed by atoms with Crippen molar-refractivity contribution in [3.63, 3.8) is 0 Å². The molecule has 5 aromatic rings. The molecule has 0 fully saturated rings. The Balaban J connectivity index is 1.35. The summed E-state index contributed by atoms with van der Waals surface area (Å²) in [5, 5.41) is 5.43. The van der Waals surface area contributed by atoms with Gasteiger partial charge in [-0.3, -0.25) is 25.2 Å². The maximum atomic E-state index is 12.7. The number of aromatic amines is 2. The average Bonchev–Trinajstić information content (AvgIpc) is 3.48. The summed E-state index contributed by atoms with van der Waals surface area (Å²) in [4.78, 5) is 43.6. The van der Waals surface area contributed by atoms with Crippen molar-refractivity contribution in [2.45, 2.75) is 0 Å². The SMILES string of the molecule is O=C(Nc1nc2c(C(=O)Nc3ncc[nH]3)cccc2[nH]1)c1ccc(-c2ccncc2)cc1. The van der Waals surface area contributed by atoms with Crippen LogP contribution >= 0.6 is 0 Å². The normalized spacial score (nSPS) is 10.8. The molecule has 2 amide bonds. The third-order valence-electron chi connectivity index (χ3n) is 4.88. The molecular weight excluding hydrogens is 406 g/mol. The first kappa shape index (κ1) is 19.2. The van der Waals surface area contributed by atoms with Gasteiger partial charge in [-0.15, -0.1) is 0 Å². The van der Waals surface area contributed by atoms with Crippen LogP contribution in [0, 0.1) is 0 Å². The number of rotatable bonds is 5. The highest BCUT2D eigenvalue weighted by molar-refractivity contribution is 6.11. The summed E-state index contributed by atoms with van der Waals surface area (Å²) in [6.07, 6.45) is 6.60. The number of nitrogens with one attached hydrogen (secondary N) is 4. The fourth-order valence-corrected chi connectivity index (χ4v) is 3.32. The van der Waals surface area contributed by atoms with E-state index in [2.05, 4.69) is 35.6 Å². The summed E-state index contributed by atoms with van der Waals surface area (Å²) in [7, 11) is 0. The highest BCUT2D eigenvalue weighted by atomic mass is 16.2. The summed E-state index contributed by atoms with van der Waals surface area (Å²) >= 11 is 0. The molecule has 32 heavy (non-hydrogen) atoms. The number of hydrogen-bond acceptors (Lipinski definition) is 5. The Kier molecular flexibility index (Phi) is 4.89. The number of hydrogen-bond donors (Lipinski definition) is 4. The van der Waals surface area contributed by atoms with E-state index >= 15 is 0 Å². The van der Waals surface area contributed by atoms with Crippen molar-refractivity contribution >= 4 is 34.7 Å². The lowest BCUT2D eigenvalue weighted by atomic mass is 10.1. The van der Waals surface area contributed by atoms with Gasteiger partial charge in [0.25, 0.3) is 11.8 Å². The minimum absolute atomic E-state index is 0.251. The van der Waals surface area contributed by atoms with Crippen LogP contribution in [0.4, 0.5) is 11.9 Å². The first-order chi connectivity index (χ1) is 15.7. The molecule has 3 heterocycles. The van der Waals surface area contributed by atoms with Crippen LogP contribution in [0.25, 0.3) is 22.2 Å². The van der Waals surface area contributed by atoms with Gasteiger partial charge < -0.3 is 9.97 Å². The van der Waals surface area contributed by atoms with Gasteiger partial charge in [-0.1, -0.05) is 18.2 Å². The second kappa shape index (κ2) is 8.15. The molecule has 9 nitrogen and oxygen atoms in total. The molecule has 0 aliphatic heterocycles. The molecule has 0 saturated carbocycles. The number of anilines is 2. The lowest BCUT2D eigenvalue weighted by Crippen LogP contribution is -2.14. The van der Waals surface area contributed by atoms with E-state index in [9.17, 15) is 9.59 Å². The summed E-state index contributed by atoms with van der Waals surface area (Å²) in [5.74, 6) is -0.0821. The smallest absolute Gasteiger partial charge is 0.260 e. The van der Waals surface area contributed by atoms with Gasteiger partial charge in [0.05, 0.1) is 11.1 Å². The van der Waals surface area contributed by atoms with Crippen molar-refractivity contribution in [2.24, 2.45) is 0 Å². The quantitative estimate of drug-likeness (QED) is 0.341. The van der Waals surface area contributed by atoms with Crippen LogP contribution in [0.2, 0.25) is 0 Å². The zero-order chi connectivity index (χ0) is 21.9. The van der Waals surface area contributed by atoms with Crippen molar-refractivity contribution in [1.29, 1.82) is 0 Å². The van der Waals surface area contributed by atoms with E-state index in [1.165, 1.54) is 0 Å². The van der Waals surface area contributed by atoms with Gasteiger partial charge >= 0.3 is 0 Å². The highest BCUT2D eigenvalue weighted by Gasteiger charge is 2.16. The Bertz CT molecular complexity index is 1390. The van der Waals surface area contributed by atoms with E-state index < -0.39 is 0 Å². The van der Waals surface area contributed by atoms with Crippen LogP contribution < -0.4 is 10.6 Å². The van der Waals surface area contributed by atoms with Crippen LogP contribution in [-0.4, -0.2) is 36.7 Å². The predicted molar refractivity (Wildman–Crippen MR) is 120 cm³/mol. The van der Waals surface area contributed by atoms with E-state index in [-0.39, 0.29) is 17.8 Å². The largest absolute Gasteiger partial charge is 0.331 e. The Morgan fingerprint density at radius 2 is 1.53 bits per heavy atom. The molecule has 3 aromatic heterocycles. The van der Waals surface area contributed by atoms with Crippen LogP contribution in [-0.2, 0) is 0 Å². The Hall–Kier alpha value is -4.79. The Labute approximate surface area is 182 Å². The zero-order valence-electron chi connectivity index (χ0n) is 16.7. The first-order valence-corrected chi connectivity index (χ1v) is 9.79. The number of aromatic nitrogens is 5. The Morgan fingerprint density at radius 3 is 2.28 bits per heavy atom. The fraction of sp³-hybridized carbons (Fsp3) is 0. The lowest BCUT2D eigenvalue weighted by Gasteiger charge is -2.04. The number of nitrogens with zero attached hydrogens (tertiary/aromatic N) is 3. The van der Waals surface area contributed by atoms with Crippen molar-refractivity contribution in [3.8, 4) is 11.1 Å². The molecule has 0 aliphatic carbocycles. The predicted octanol–water partition coefficient (Wildman–Crippen LogP) is 3.85. The molecule has 0 bridgehead atoms.